The molecule has 9 heteroatoms. The van der Waals surface area contributed by atoms with Gasteiger partial charge in [0.25, 0.3) is 5.91 Å². The second-order valence-electron chi connectivity index (χ2n) is 10.1. The van der Waals surface area contributed by atoms with E-state index in [4.69, 9.17) is 15.1 Å². The highest BCUT2D eigenvalue weighted by Gasteiger charge is 2.26. The number of nitrogens with zero attached hydrogens (tertiary/aromatic N) is 3. The van der Waals surface area contributed by atoms with Crippen LogP contribution in [0.4, 0.5) is 5.13 Å². The molecular weight excluding hydrogens is 512 g/mol. The lowest BCUT2D eigenvalue weighted by Crippen LogP contribution is -2.36. The van der Waals surface area contributed by atoms with Gasteiger partial charge in [0.1, 0.15) is 12.4 Å². The van der Waals surface area contributed by atoms with Crippen LogP contribution in [-0.2, 0) is 11.4 Å². The van der Waals surface area contributed by atoms with Crippen LogP contribution in [0.1, 0.15) is 59.2 Å². The summed E-state index contributed by atoms with van der Waals surface area (Å²) in [5.41, 5.74) is 4.42. The molecule has 0 unspecified atom stereocenters. The molecule has 2 aromatic carbocycles. The Morgan fingerprint density at radius 3 is 2.64 bits per heavy atom. The fourth-order valence-electron chi connectivity index (χ4n) is 5.14. The molecule has 2 fully saturated rings. The van der Waals surface area contributed by atoms with Gasteiger partial charge >= 0.3 is 5.97 Å². The summed E-state index contributed by atoms with van der Waals surface area (Å²) >= 11 is 1.52. The molecule has 0 radical (unpaired) electrons. The molecule has 2 N–H and O–H groups in total. The van der Waals surface area contributed by atoms with Gasteiger partial charge in [-0.3, -0.25) is 9.59 Å². The van der Waals surface area contributed by atoms with Gasteiger partial charge in [-0.2, -0.15) is 0 Å². The predicted octanol–water partition coefficient (Wildman–Crippen LogP) is 5.22. The van der Waals surface area contributed by atoms with Crippen molar-refractivity contribution < 1.29 is 19.4 Å². The fourth-order valence-corrected chi connectivity index (χ4v) is 6.02. The highest BCUT2D eigenvalue weighted by Crippen LogP contribution is 2.37. The van der Waals surface area contributed by atoms with Gasteiger partial charge in [0, 0.05) is 54.5 Å². The topological polar surface area (TPSA) is 107 Å². The van der Waals surface area contributed by atoms with E-state index in [1.54, 1.807) is 0 Å². The van der Waals surface area contributed by atoms with Crippen molar-refractivity contribution in [2.45, 2.75) is 45.6 Å². The zero-order valence-corrected chi connectivity index (χ0v) is 22.9. The van der Waals surface area contributed by atoms with E-state index in [9.17, 15) is 14.7 Å². The number of nitrogens with one attached hydrogen (secondary N) is 1. The third kappa shape index (κ3) is 5.91. The van der Waals surface area contributed by atoms with E-state index >= 15 is 0 Å². The average Bonchev–Trinajstić information content (AvgIpc) is 3.46. The van der Waals surface area contributed by atoms with Crippen molar-refractivity contribution in [1.82, 2.24) is 9.88 Å². The van der Waals surface area contributed by atoms with Gasteiger partial charge in [0.15, 0.2) is 5.13 Å². The number of hydrogen-bond donors (Lipinski definition) is 2. The summed E-state index contributed by atoms with van der Waals surface area (Å²) in [6, 6.07) is 13.7. The minimum Gasteiger partial charge on any atom is -0.487 e. The molecule has 0 saturated carbocycles. The summed E-state index contributed by atoms with van der Waals surface area (Å²) in [6.07, 6.45) is 5.74. The van der Waals surface area contributed by atoms with Crippen LogP contribution in [0.15, 0.2) is 29.6 Å². The third-order valence-corrected chi connectivity index (χ3v) is 8.40. The first-order valence-electron chi connectivity index (χ1n) is 13.4. The Morgan fingerprint density at radius 1 is 1.18 bits per heavy atom. The number of carboxylic acid groups (broad SMARTS) is 1. The lowest BCUT2D eigenvalue weighted by molar-refractivity contribution is -0.142. The van der Waals surface area contributed by atoms with Crippen LogP contribution in [0.2, 0.25) is 0 Å². The minimum atomic E-state index is -0.729. The summed E-state index contributed by atoms with van der Waals surface area (Å²) in [5.74, 6) is -0.452. The fraction of sp³-hybridized carbons (Fsp3) is 0.400. The summed E-state index contributed by atoms with van der Waals surface area (Å²) in [4.78, 5) is 33.0. The monoisotopic (exact) mass is 544 g/mol. The highest BCUT2D eigenvalue weighted by atomic mass is 32.1. The first kappa shape index (κ1) is 26.7. The third-order valence-electron chi connectivity index (χ3n) is 7.50. The molecule has 5 rings (SSSR count). The van der Waals surface area contributed by atoms with Crippen molar-refractivity contribution in [2.24, 2.45) is 5.92 Å². The molecule has 2 saturated heterocycles. The Bertz CT molecular complexity index is 1360. The molecule has 0 atom stereocenters. The average molecular weight is 545 g/mol. The Balaban J connectivity index is 1.31. The van der Waals surface area contributed by atoms with Crippen molar-refractivity contribution in [2.75, 3.05) is 31.1 Å². The largest absolute Gasteiger partial charge is 0.487 e. The van der Waals surface area contributed by atoms with Crippen molar-refractivity contribution in [1.29, 1.82) is 5.41 Å². The summed E-state index contributed by atoms with van der Waals surface area (Å²) in [5, 5.41) is 20.0. The van der Waals surface area contributed by atoms with Gasteiger partial charge in [-0.1, -0.05) is 18.2 Å². The van der Waals surface area contributed by atoms with Crippen LogP contribution >= 0.6 is 11.3 Å². The van der Waals surface area contributed by atoms with E-state index in [0.717, 1.165) is 53.4 Å². The quantitative estimate of drug-likeness (QED) is 0.377. The molecule has 3 heterocycles. The van der Waals surface area contributed by atoms with Crippen LogP contribution in [0.3, 0.4) is 0 Å². The minimum absolute atomic E-state index is 0.00415. The van der Waals surface area contributed by atoms with Crippen LogP contribution in [0, 0.1) is 30.4 Å². The molecule has 2 aliphatic rings. The van der Waals surface area contributed by atoms with Crippen molar-refractivity contribution in [3.63, 3.8) is 0 Å². The van der Waals surface area contributed by atoms with E-state index in [1.165, 1.54) is 24.0 Å². The smallest absolute Gasteiger partial charge is 0.306 e. The van der Waals surface area contributed by atoms with E-state index in [1.807, 2.05) is 41.5 Å². The first-order chi connectivity index (χ1) is 18.9. The molecule has 1 aromatic heterocycles. The van der Waals surface area contributed by atoms with Crippen LogP contribution in [0.25, 0.3) is 11.3 Å². The van der Waals surface area contributed by atoms with Gasteiger partial charge in [-0.05, 0) is 62.8 Å². The van der Waals surface area contributed by atoms with Gasteiger partial charge in [0.05, 0.1) is 17.2 Å². The van der Waals surface area contributed by atoms with Gasteiger partial charge in [-0.25, -0.2) is 4.98 Å². The zero-order chi connectivity index (χ0) is 27.4. The Labute approximate surface area is 232 Å². The maximum atomic E-state index is 12.9. The van der Waals surface area contributed by atoms with Crippen LogP contribution in [-0.4, -0.2) is 59.3 Å². The molecule has 1 amide bonds. The van der Waals surface area contributed by atoms with E-state index in [0.29, 0.717) is 42.8 Å². The standard InChI is InChI=1S/C30H32N4O4S/c1-20-16-22(28(35)33-12-3-2-4-13-33)8-9-24(20)18-38-27-23(17-31)6-5-7-25(27)26-19-39-30(32-26)34-14-10-21(11-15-34)29(36)37/h5-7,16-17,19,21,31H,2-4,10-15,18H2,1H3,(H,36,37). The van der Waals surface area contributed by atoms with E-state index in [2.05, 4.69) is 17.0 Å². The van der Waals surface area contributed by atoms with Crippen LogP contribution < -0.4 is 9.64 Å². The van der Waals surface area contributed by atoms with Gasteiger partial charge in [0.2, 0.25) is 0 Å². The molecule has 0 aliphatic carbocycles. The van der Waals surface area contributed by atoms with Crippen molar-refractivity contribution in [3.8, 4) is 17.0 Å². The van der Waals surface area contributed by atoms with E-state index in [-0.39, 0.29) is 18.4 Å². The molecular formula is C30H32N4O4S. The summed E-state index contributed by atoms with van der Waals surface area (Å²) < 4.78 is 6.28. The number of hydrogen-bond acceptors (Lipinski definition) is 7. The lowest BCUT2D eigenvalue weighted by atomic mass is 9.97. The number of carboxylic acids is 1. The number of piperidine rings is 2. The zero-order valence-electron chi connectivity index (χ0n) is 22.0. The molecule has 39 heavy (non-hydrogen) atoms. The molecule has 202 valence electrons. The van der Waals surface area contributed by atoms with Crippen LogP contribution in [0.5, 0.6) is 5.75 Å². The lowest BCUT2D eigenvalue weighted by Gasteiger charge is -2.29. The molecule has 3 aromatic rings. The first-order valence-corrected chi connectivity index (χ1v) is 14.2. The number of carbonyl (C=O) groups excluding carboxylic acids is 1. The number of amides is 1. The molecule has 8 nitrogen and oxygen atoms in total. The van der Waals surface area contributed by atoms with Gasteiger partial charge < -0.3 is 25.1 Å². The summed E-state index contributed by atoms with van der Waals surface area (Å²) in [7, 11) is 0. The maximum Gasteiger partial charge on any atom is 0.306 e. The van der Waals surface area contributed by atoms with Crippen molar-refractivity contribution >= 4 is 34.6 Å². The molecule has 2 aliphatic heterocycles. The van der Waals surface area contributed by atoms with Crippen molar-refractivity contribution in [3.05, 3.63) is 64.0 Å². The Hall–Kier alpha value is -3.90. The Morgan fingerprint density at radius 2 is 1.95 bits per heavy atom. The number of carbonyl (C=O) groups is 2. The number of likely N-dealkylation sites (tertiary alicyclic amines) is 1. The number of para-hydroxylation sites is 1. The number of rotatable bonds is 8. The maximum absolute atomic E-state index is 12.9. The number of aromatic nitrogens is 1. The van der Waals surface area contributed by atoms with Gasteiger partial charge in [-0.15, -0.1) is 11.3 Å². The number of aryl methyl sites for hydroxylation is 1. The second kappa shape index (κ2) is 11.9. The second-order valence-corrected chi connectivity index (χ2v) is 10.9. The normalized spacial score (nSPS) is 16.0. The summed E-state index contributed by atoms with van der Waals surface area (Å²) in [6.45, 7) is 5.07. The molecule has 0 bridgehead atoms. The number of benzene rings is 1. The number of anilines is 1. The number of thiazole rings is 1. The number of ether oxygens (including phenoxy) is 1. The number of aliphatic carboxylic acids is 1. The highest BCUT2D eigenvalue weighted by molar-refractivity contribution is 7.14. The Kier molecular flexibility index (Phi) is 8.13. The SMILES string of the molecule is Cc1cc(C(=O)N2CCCCC2)c#cc1COc1c(C=N)cccc1-c1csc(N2CCC(C(=O)O)CC2)n1. The predicted molar refractivity (Wildman–Crippen MR) is 151 cm³/mol. The molecule has 0 spiro atoms. The van der Waals surface area contributed by atoms with E-state index < -0.39 is 5.97 Å².